The van der Waals surface area contributed by atoms with E-state index in [9.17, 15) is 13.2 Å². The molecule has 0 radical (unpaired) electrons. The molecule has 3 rings (SSSR count). The first-order chi connectivity index (χ1) is 13.4. The first-order valence-electron chi connectivity index (χ1n) is 8.88. The smallest absolute Gasteiger partial charge is 0.226 e. The highest BCUT2D eigenvalue weighted by molar-refractivity contribution is 7.91. The number of rotatable bonds is 8. The van der Waals surface area contributed by atoms with Crippen molar-refractivity contribution in [3.63, 3.8) is 0 Å². The van der Waals surface area contributed by atoms with Gasteiger partial charge in [0.2, 0.25) is 11.0 Å². The molecular formula is C20H21N3O3S2. The average Bonchev–Trinajstić information content (AvgIpc) is 3.13. The van der Waals surface area contributed by atoms with Gasteiger partial charge in [-0.25, -0.2) is 8.42 Å². The molecule has 0 spiro atoms. The Morgan fingerprint density at radius 3 is 2.43 bits per heavy atom. The van der Waals surface area contributed by atoms with Crippen LogP contribution in [0.15, 0.2) is 59.5 Å². The van der Waals surface area contributed by atoms with Crippen LogP contribution in [0.5, 0.6) is 0 Å². The van der Waals surface area contributed by atoms with E-state index in [-0.39, 0.29) is 18.1 Å². The minimum absolute atomic E-state index is 0.0490. The largest absolute Gasteiger partial charge is 0.301 e. The number of carbonyl (C=O) groups excluding carboxylic acids is 1. The van der Waals surface area contributed by atoms with Crippen molar-refractivity contribution < 1.29 is 13.2 Å². The van der Waals surface area contributed by atoms with Crippen LogP contribution >= 0.6 is 11.3 Å². The molecule has 0 aliphatic carbocycles. The van der Waals surface area contributed by atoms with E-state index in [4.69, 9.17) is 0 Å². The van der Waals surface area contributed by atoms with Gasteiger partial charge in [-0.05, 0) is 31.0 Å². The minimum Gasteiger partial charge on any atom is -0.301 e. The Morgan fingerprint density at radius 2 is 1.71 bits per heavy atom. The maximum absolute atomic E-state index is 12.4. The number of nitrogens with one attached hydrogen (secondary N) is 1. The topological polar surface area (TPSA) is 89.0 Å². The van der Waals surface area contributed by atoms with Crippen LogP contribution in [-0.2, 0) is 27.5 Å². The van der Waals surface area contributed by atoms with Gasteiger partial charge in [-0.3, -0.25) is 4.79 Å². The molecule has 28 heavy (non-hydrogen) atoms. The van der Waals surface area contributed by atoms with Gasteiger partial charge in [0.05, 0.1) is 10.6 Å². The van der Waals surface area contributed by atoms with Gasteiger partial charge in [-0.15, -0.1) is 10.2 Å². The number of aromatic nitrogens is 2. The standard InChI is InChI=1S/C20H21N3O3S2/c1-15-7-10-17(11-8-15)28(25,26)14-13-19-22-23-20(27-19)21-18(24)12-9-16-5-3-2-4-6-16/h2-8,10-11H,9,12-14H2,1H3,(H,21,23,24). The van der Waals surface area contributed by atoms with Crippen molar-refractivity contribution >= 4 is 32.2 Å². The molecule has 0 saturated carbocycles. The maximum atomic E-state index is 12.4. The van der Waals surface area contributed by atoms with E-state index < -0.39 is 9.84 Å². The number of hydrogen-bond donors (Lipinski definition) is 1. The molecule has 0 aliphatic rings. The fraction of sp³-hybridized carbons (Fsp3) is 0.250. The highest BCUT2D eigenvalue weighted by Crippen LogP contribution is 2.19. The van der Waals surface area contributed by atoms with Crippen LogP contribution in [0, 0.1) is 6.92 Å². The Labute approximate surface area is 168 Å². The van der Waals surface area contributed by atoms with Crippen LogP contribution in [0.4, 0.5) is 5.13 Å². The van der Waals surface area contributed by atoms with Crippen molar-refractivity contribution in [3.05, 3.63) is 70.7 Å². The van der Waals surface area contributed by atoms with Crippen molar-refractivity contribution in [1.29, 1.82) is 0 Å². The Bertz CT molecular complexity index is 1030. The number of sulfone groups is 1. The summed E-state index contributed by atoms with van der Waals surface area (Å²) >= 11 is 1.20. The molecule has 1 aromatic heterocycles. The highest BCUT2D eigenvalue weighted by atomic mass is 32.2. The number of benzene rings is 2. The molecule has 6 nitrogen and oxygen atoms in total. The molecule has 0 bridgehead atoms. The third-order valence-corrected chi connectivity index (χ3v) is 6.79. The SMILES string of the molecule is Cc1ccc(S(=O)(=O)CCc2nnc(NC(=O)CCc3ccccc3)s2)cc1. The number of nitrogens with zero attached hydrogens (tertiary/aromatic N) is 2. The predicted octanol–water partition coefficient (Wildman–Crippen LogP) is 3.43. The Morgan fingerprint density at radius 1 is 1.00 bits per heavy atom. The molecule has 0 saturated heterocycles. The third-order valence-electron chi connectivity index (χ3n) is 4.16. The lowest BCUT2D eigenvalue weighted by Gasteiger charge is -2.03. The summed E-state index contributed by atoms with van der Waals surface area (Å²) in [5, 5.41) is 11.6. The molecule has 0 fully saturated rings. The van der Waals surface area contributed by atoms with E-state index in [1.165, 1.54) is 11.3 Å². The number of aryl methyl sites for hydroxylation is 3. The molecule has 3 aromatic rings. The van der Waals surface area contributed by atoms with Gasteiger partial charge in [0, 0.05) is 12.8 Å². The zero-order valence-corrected chi connectivity index (χ0v) is 17.1. The molecule has 2 aromatic carbocycles. The normalized spacial score (nSPS) is 11.3. The van der Waals surface area contributed by atoms with Crippen LogP contribution < -0.4 is 5.32 Å². The van der Waals surface area contributed by atoms with Crippen LogP contribution in [0.25, 0.3) is 0 Å². The molecular weight excluding hydrogens is 394 g/mol. The molecule has 8 heteroatoms. The molecule has 1 heterocycles. The Balaban J connectivity index is 1.51. The Kier molecular flexibility index (Phi) is 6.53. The van der Waals surface area contributed by atoms with Gasteiger partial charge in [-0.2, -0.15) is 0 Å². The van der Waals surface area contributed by atoms with Crippen molar-refractivity contribution in [3.8, 4) is 0 Å². The van der Waals surface area contributed by atoms with Crippen LogP contribution in [-0.4, -0.2) is 30.3 Å². The lowest BCUT2D eigenvalue weighted by atomic mass is 10.1. The van der Waals surface area contributed by atoms with Gasteiger partial charge in [0.1, 0.15) is 5.01 Å². The number of anilines is 1. The summed E-state index contributed by atoms with van der Waals surface area (Å²) in [6.45, 7) is 1.91. The van der Waals surface area contributed by atoms with Crippen molar-refractivity contribution in [1.82, 2.24) is 10.2 Å². The summed E-state index contributed by atoms with van der Waals surface area (Å²) in [4.78, 5) is 12.4. The second kappa shape index (κ2) is 9.07. The predicted molar refractivity (Wildman–Crippen MR) is 110 cm³/mol. The van der Waals surface area contributed by atoms with Crippen LogP contribution in [0.1, 0.15) is 22.6 Å². The number of amides is 1. The summed E-state index contributed by atoms with van der Waals surface area (Å²) in [6.07, 6.45) is 1.25. The van der Waals surface area contributed by atoms with Gasteiger partial charge in [0.15, 0.2) is 9.84 Å². The van der Waals surface area contributed by atoms with E-state index in [0.717, 1.165) is 11.1 Å². The minimum atomic E-state index is -3.38. The lowest BCUT2D eigenvalue weighted by molar-refractivity contribution is -0.116. The second-order valence-electron chi connectivity index (χ2n) is 6.42. The van der Waals surface area contributed by atoms with Crippen LogP contribution in [0.2, 0.25) is 0 Å². The van der Waals surface area contributed by atoms with Gasteiger partial charge in [-0.1, -0.05) is 59.4 Å². The summed E-state index contributed by atoms with van der Waals surface area (Å²) in [7, 11) is -3.38. The van der Waals surface area contributed by atoms with Gasteiger partial charge < -0.3 is 5.32 Å². The maximum Gasteiger partial charge on any atom is 0.226 e. The lowest BCUT2D eigenvalue weighted by Crippen LogP contribution is -2.12. The van der Waals surface area contributed by atoms with Crippen molar-refractivity contribution in [2.45, 2.75) is 31.1 Å². The monoisotopic (exact) mass is 415 g/mol. The fourth-order valence-corrected chi connectivity index (χ4v) is 4.71. The van der Waals surface area contributed by atoms with Crippen molar-refractivity contribution in [2.24, 2.45) is 0 Å². The summed E-state index contributed by atoms with van der Waals surface area (Å²) in [6, 6.07) is 16.6. The molecule has 146 valence electrons. The molecule has 0 atom stereocenters. The van der Waals surface area contributed by atoms with Gasteiger partial charge >= 0.3 is 0 Å². The zero-order chi connectivity index (χ0) is 20.0. The van der Waals surface area contributed by atoms with E-state index in [0.29, 0.717) is 27.9 Å². The molecule has 1 N–H and O–H groups in total. The molecule has 0 unspecified atom stereocenters. The quantitative estimate of drug-likeness (QED) is 0.609. The second-order valence-corrected chi connectivity index (χ2v) is 9.59. The highest BCUT2D eigenvalue weighted by Gasteiger charge is 2.16. The van der Waals surface area contributed by atoms with E-state index >= 15 is 0 Å². The van der Waals surface area contributed by atoms with Gasteiger partial charge in [0.25, 0.3) is 0 Å². The summed E-state index contributed by atoms with van der Waals surface area (Å²) in [5.74, 6) is -0.189. The number of carbonyl (C=O) groups is 1. The molecule has 1 amide bonds. The zero-order valence-electron chi connectivity index (χ0n) is 15.5. The Hall–Kier alpha value is -2.58. The first kappa shape index (κ1) is 20.2. The van der Waals surface area contributed by atoms with Crippen LogP contribution in [0.3, 0.4) is 0 Å². The van der Waals surface area contributed by atoms with E-state index in [2.05, 4.69) is 15.5 Å². The summed E-state index contributed by atoms with van der Waals surface area (Å²) < 4.78 is 24.8. The first-order valence-corrected chi connectivity index (χ1v) is 11.3. The van der Waals surface area contributed by atoms with E-state index in [1.807, 2.05) is 37.3 Å². The fourth-order valence-electron chi connectivity index (χ4n) is 2.57. The van der Waals surface area contributed by atoms with Crippen molar-refractivity contribution in [2.75, 3.05) is 11.1 Å². The third kappa shape index (κ3) is 5.71. The van der Waals surface area contributed by atoms with E-state index in [1.54, 1.807) is 24.3 Å². The molecule has 0 aliphatic heterocycles. The average molecular weight is 416 g/mol. The summed E-state index contributed by atoms with van der Waals surface area (Å²) in [5.41, 5.74) is 2.10. The number of hydrogen-bond acceptors (Lipinski definition) is 6.